The van der Waals surface area contributed by atoms with Gasteiger partial charge in [-0.05, 0) is 48.7 Å². The molecule has 2 fully saturated rings. The molecule has 33 heavy (non-hydrogen) atoms. The monoisotopic (exact) mass is 451 g/mol. The molecule has 0 saturated carbocycles. The quantitative estimate of drug-likeness (QED) is 0.430. The van der Waals surface area contributed by atoms with Crippen molar-refractivity contribution in [3.05, 3.63) is 53.1 Å². The molecule has 2 aromatic rings. The van der Waals surface area contributed by atoms with Gasteiger partial charge in [-0.2, -0.15) is 0 Å². The van der Waals surface area contributed by atoms with Crippen LogP contribution in [0.2, 0.25) is 0 Å². The number of Topliss-reactive ketones (excluding diaryl/α,β-unsaturated/α-hetero) is 1. The molecule has 6 rings (SSSR count). The van der Waals surface area contributed by atoms with E-state index in [1.54, 1.807) is 36.4 Å². The second-order valence-electron chi connectivity index (χ2n) is 8.27. The zero-order valence-electron chi connectivity index (χ0n) is 17.6. The van der Waals surface area contributed by atoms with E-state index in [2.05, 4.69) is 0 Å². The highest BCUT2D eigenvalue weighted by molar-refractivity contribution is 6.46. The van der Waals surface area contributed by atoms with Crippen molar-refractivity contribution >= 4 is 17.4 Å². The molecule has 4 heterocycles. The first-order chi connectivity index (χ1) is 16.1. The van der Waals surface area contributed by atoms with Gasteiger partial charge >= 0.3 is 0 Å². The maximum Gasteiger partial charge on any atom is 0.295 e. The largest absolute Gasteiger partial charge is 0.507 e. The van der Waals surface area contributed by atoms with Gasteiger partial charge in [-0.1, -0.05) is 6.07 Å². The van der Waals surface area contributed by atoms with E-state index in [0.717, 1.165) is 12.8 Å². The molecule has 0 bridgehead atoms. The maximum absolute atomic E-state index is 13.2. The molecule has 170 valence electrons. The fourth-order valence-electron chi connectivity index (χ4n) is 4.71. The third-order valence-corrected chi connectivity index (χ3v) is 6.32. The molecule has 0 aliphatic carbocycles. The van der Waals surface area contributed by atoms with E-state index in [1.165, 1.54) is 4.90 Å². The number of rotatable bonds is 4. The number of carbonyl (C=O) groups is 2. The van der Waals surface area contributed by atoms with Crippen LogP contribution in [0.25, 0.3) is 5.76 Å². The number of aliphatic hydroxyl groups is 1. The second kappa shape index (κ2) is 7.70. The molecule has 0 spiro atoms. The summed E-state index contributed by atoms with van der Waals surface area (Å²) in [6.45, 7) is 1.07. The highest BCUT2D eigenvalue weighted by atomic mass is 16.7. The average molecular weight is 451 g/mol. The molecule has 4 aliphatic rings. The van der Waals surface area contributed by atoms with Crippen molar-refractivity contribution in [3.63, 3.8) is 0 Å². The van der Waals surface area contributed by atoms with Crippen molar-refractivity contribution in [1.29, 1.82) is 0 Å². The summed E-state index contributed by atoms with van der Waals surface area (Å²) in [6, 6.07) is 9.36. The van der Waals surface area contributed by atoms with Crippen LogP contribution in [-0.4, -0.2) is 54.5 Å². The Kier molecular flexibility index (Phi) is 4.65. The minimum Gasteiger partial charge on any atom is -0.507 e. The van der Waals surface area contributed by atoms with Gasteiger partial charge in [0, 0.05) is 18.7 Å². The predicted molar refractivity (Wildman–Crippen MR) is 113 cm³/mol. The number of aliphatic hydroxyl groups excluding tert-OH is 1. The Morgan fingerprint density at radius 1 is 0.939 bits per heavy atom. The van der Waals surface area contributed by atoms with Crippen LogP contribution >= 0.6 is 0 Å². The lowest BCUT2D eigenvalue weighted by Gasteiger charge is -2.27. The summed E-state index contributed by atoms with van der Waals surface area (Å²) < 4.78 is 27.4. The summed E-state index contributed by atoms with van der Waals surface area (Å²) in [5.41, 5.74) is 1.01. The lowest BCUT2D eigenvalue weighted by Crippen LogP contribution is -2.36. The molecule has 9 heteroatoms. The SMILES string of the molecule is O=C1C(=O)N(C[C@H]2CCCO2)[C@@H](c2ccc3c(c2)OCO3)C1=C(O)c1ccc2c(c1)OCO2. The number of hydrogen-bond acceptors (Lipinski definition) is 8. The van der Waals surface area contributed by atoms with Gasteiger partial charge < -0.3 is 33.7 Å². The molecule has 2 saturated heterocycles. The van der Waals surface area contributed by atoms with Crippen LogP contribution in [0.5, 0.6) is 23.0 Å². The van der Waals surface area contributed by atoms with E-state index in [0.29, 0.717) is 40.7 Å². The number of ketones is 1. The molecule has 1 amide bonds. The number of benzene rings is 2. The van der Waals surface area contributed by atoms with Gasteiger partial charge in [0.15, 0.2) is 23.0 Å². The molecule has 4 aliphatic heterocycles. The van der Waals surface area contributed by atoms with E-state index in [1.807, 2.05) is 0 Å². The lowest BCUT2D eigenvalue weighted by atomic mass is 9.94. The third-order valence-electron chi connectivity index (χ3n) is 6.32. The van der Waals surface area contributed by atoms with Gasteiger partial charge in [-0.25, -0.2) is 0 Å². The van der Waals surface area contributed by atoms with Gasteiger partial charge in [-0.3, -0.25) is 9.59 Å². The Labute approximate surface area is 189 Å². The van der Waals surface area contributed by atoms with Crippen LogP contribution < -0.4 is 18.9 Å². The van der Waals surface area contributed by atoms with Crippen LogP contribution in [0.3, 0.4) is 0 Å². The lowest BCUT2D eigenvalue weighted by molar-refractivity contribution is -0.140. The van der Waals surface area contributed by atoms with Gasteiger partial charge in [0.2, 0.25) is 13.6 Å². The zero-order valence-corrected chi connectivity index (χ0v) is 17.6. The number of likely N-dealkylation sites (tertiary alicyclic amines) is 1. The Morgan fingerprint density at radius 2 is 1.64 bits per heavy atom. The van der Waals surface area contributed by atoms with E-state index in [-0.39, 0.29) is 37.6 Å². The van der Waals surface area contributed by atoms with Gasteiger partial charge in [0.05, 0.1) is 17.7 Å². The molecule has 9 nitrogen and oxygen atoms in total. The first kappa shape index (κ1) is 19.9. The molecule has 2 aromatic carbocycles. The number of amides is 1. The first-order valence-electron chi connectivity index (χ1n) is 10.8. The number of carbonyl (C=O) groups excluding carboxylic acids is 2. The Balaban J connectivity index is 1.46. The van der Waals surface area contributed by atoms with E-state index in [9.17, 15) is 14.7 Å². The molecular weight excluding hydrogens is 430 g/mol. The fraction of sp³-hybridized carbons (Fsp3) is 0.333. The van der Waals surface area contributed by atoms with Gasteiger partial charge in [0.1, 0.15) is 5.76 Å². The maximum atomic E-state index is 13.2. The minimum absolute atomic E-state index is 0.00993. The van der Waals surface area contributed by atoms with Crippen molar-refractivity contribution in [1.82, 2.24) is 4.90 Å². The van der Waals surface area contributed by atoms with Crippen molar-refractivity contribution in [2.24, 2.45) is 0 Å². The van der Waals surface area contributed by atoms with Crippen molar-refractivity contribution in [2.75, 3.05) is 26.7 Å². The van der Waals surface area contributed by atoms with Crippen LogP contribution in [-0.2, 0) is 14.3 Å². The number of nitrogens with zero attached hydrogens (tertiary/aromatic N) is 1. The molecule has 0 unspecified atom stereocenters. The van der Waals surface area contributed by atoms with Crippen LogP contribution in [0, 0.1) is 0 Å². The molecule has 0 aromatic heterocycles. The second-order valence-corrected chi connectivity index (χ2v) is 8.27. The molecule has 2 atom stereocenters. The number of ether oxygens (including phenoxy) is 5. The van der Waals surface area contributed by atoms with Crippen LogP contribution in [0.1, 0.15) is 30.0 Å². The normalized spacial score (nSPS) is 24.7. The van der Waals surface area contributed by atoms with Crippen LogP contribution in [0.15, 0.2) is 42.0 Å². The number of fused-ring (bicyclic) bond motifs is 2. The Hall–Kier alpha value is -3.72. The highest BCUT2D eigenvalue weighted by Crippen LogP contribution is 2.44. The highest BCUT2D eigenvalue weighted by Gasteiger charge is 2.47. The van der Waals surface area contributed by atoms with Crippen molar-refractivity contribution in [2.45, 2.75) is 25.0 Å². The fourth-order valence-corrected chi connectivity index (χ4v) is 4.71. The molecular formula is C24H21NO8. The van der Waals surface area contributed by atoms with Gasteiger partial charge in [-0.15, -0.1) is 0 Å². The topological polar surface area (TPSA) is 104 Å². The zero-order chi connectivity index (χ0) is 22.5. The standard InChI is InChI=1S/C24H21NO8/c26-22(14-4-6-17-19(9-14)33-12-31-17)20-21(13-3-5-16-18(8-13)32-11-30-16)25(24(28)23(20)27)10-15-2-1-7-29-15/h3-6,8-9,15,21,26H,1-2,7,10-12H2/t15-,21+/m1/s1. The molecule has 0 radical (unpaired) electrons. The van der Waals surface area contributed by atoms with Crippen molar-refractivity contribution in [3.8, 4) is 23.0 Å². The molecule has 1 N–H and O–H groups in total. The Morgan fingerprint density at radius 3 is 2.36 bits per heavy atom. The predicted octanol–water partition coefficient (Wildman–Crippen LogP) is 2.74. The first-order valence-corrected chi connectivity index (χ1v) is 10.8. The van der Waals surface area contributed by atoms with E-state index in [4.69, 9.17) is 23.7 Å². The summed E-state index contributed by atoms with van der Waals surface area (Å²) in [5, 5.41) is 11.2. The summed E-state index contributed by atoms with van der Waals surface area (Å²) in [5.74, 6) is 0.444. The average Bonchev–Trinajstić information content (AvgIpc) is 3.62. The van der Waals surface area contributed by atoms with E-state index >= 15 is 0 Å². The minimum atomic E-state index is -0.797. The summed E-state index contributed by atoms with van der Waals surface area (Å²) in [4.78, 5) is 27.8. The summed E-state index contributed by atoms with van der Waals surface area (Å²) in [6.07, 6.45) is 1.55. The van der Waals surface area contributed by atoms with Crippen molar-refractivity contribution < 1.29 is 38.4 Å². The van der Waals surface area contributed by atoms with Gasteiger partial charge in [0.25, 0.3) is 11.7 Å². The van der Waals surface area contributed by atoms with Crippen LogP contribution in [0.4, 0.5) is 0 Å². The summed E-state index contributed by atoms with van der Waals surface area (Å²) in [7, 11) is 0. The third kappa shape index (κ3) is 3.27. The Bertz CT molecular complexity index is 1180. The summed E-state index contributed by atoms with van der Waals surface area (Å²) >= 11 is 0. The smallest absolute Gasteiger partial charge is 0.295 e. The number of hydrogen-bond donors (Lipinski definition) is 1. The van der Waals surface area contributed by atoms with E-state index < -0.39 is 17.7 Å².